The van der Waals surface area contributed by atoms with E-state index in [0.717, 1.165) is 40.9 Å². The van der Waals surface area contributed by atoms with Crippen LogP contribution in [0.3, 0.4) is 0 Å². The van der Waals surface area contributed by atoms with Gasteiger partial charge in [-0.1, -0.05) is 23.5 Å². The molecule has 0 bridgehead atoms. The Morgan fingerprint density at radius 2 is 2.04 bits per heavy atom. The molecule has 1 aliphatic heterocycles. The molecule has 3 heterocycles. The van der Waals surface area contributed by atoms with Gasteiger partial charge in [-0.3, -0.25) is 4.79 Å². The molecule has 2 aliphatic rings. The third-order valence-electron chi connectivity index (χ3n) is 4.80. The normalized spacial score (nSPS) is 20.8. The highest BCUT2D eigenvalue weighted by Gasteiger charge is 2.33. The van der Waals surface area contributed by atoms with Crippen molar-refractivity contribution in [3.05, 3.63) is 45.5 Å². The molecular weight excluding hydrogens is 322 g/mol. The number of H-pyrrole nitrogens is 1. The van der Waals surface area contributed by atoms with Gasteiger partial charge in [0.15, 0.2) is 0 Å². The molecule has 24 heavy (non-hydrogen) atoms. The van der Waals surface area contributed by atoms with Crippen LogP contribution in [-0.4, -0.2) is 26.7 Å². The molecule has 0 radical (unpaired) electrons. The first-order valence-corrected chi connectivity index (χ1v) is 9.20. The van der Waals surface area contributed by atoms with Gasteiger partial charge >= 0.3 is 0 Å². The van der Waals surface area contributed by atoms with Crippen molar-refractivity contribution in [1.82, 2.24) is 20.2 Å². The number of aromatic nitrogens is 4. The van der Waals surface area contributed by atoms with Gasteiger partial charge in [0, 0.05) is 12.5 Å². The van der Waals surface area contributed by atoms with Gasteiger partial charge in [-0.15, -0.1) is 10.2 Å². The number of rotatable bonds is 3. The number of nitrogens with zero attached hydrogens (tertiary/aromatic N) is 4. The fourth-order valence-corrected chi connectivity index (χ4v) is 4.47. The van der Waals surface area contributed by atoms with E-state index in [0.29, 0.717) is 11.3 Å². The monoisotopic (exact) mass is 339 g/mol. The van der Waals surface area contributed by atoms with Gasteiger partial charge in [0.2, 0.25) is 5.13 Å². The Labute approximate surface area is 142 Å². The van der Waals surface area contributed by atoms with Crippen molar-refractivity contribution in [2.24, 2.45) is 0 Å². The van der Waals surface area contributed by atoms with Gasteiger partial charge in [0.05, 0.1) is 16.9 Å². The average molecular weight is 339 g/mol. The van der Waals surface area contributed by atoms with Crippen LogP contribution in [-0.2, 0) is 0 Å². The minimum Gasteiger partial charge on any atom is -0.336 e. The first-order valence-electron chi connectivity index (χ1n) is 8.38. The second-order valence-electron chi connectivity index (χ2n) is 6.52. The largest absolute Gasteiger partial charge is 0.336 e. The topological polar surface area (TPSA) is 74.8 Å². The summed E-state index contributed by atoms with van der Waals surface area (Å²) in [6, 6.07) is 7.55. The zero-order chi connectivity index (χ0) is 16.1. The van der Waals surface area contributed by atoms with E-state index >= 15 is 0 Å². The van der Waals surface area contributed by atoms with Crippen molar-refractivity contribution in [2.45, 2.75) is 37.6 Å². The van der Waals surface area contributed by atoms with Crippen LogP contribution in [0, 0.1) is 0 Å². The van der Waals surface area contributed by atoms with Crippen molar-refractivity contribution in [3.63, 3.8) is 0 Å². The molecular formula is C17H17N5OS. The highest BCUT2D eigenvalue weighted by Crippen LogP contribution is 2.44. The van der Waals surface area contributed by atoms with Gasteiger partial charge < -0.3 is 9.88 Å². The summed E-state index contributed by atoms with van der Waals surface area (Å²) in [6.07, 6.45) is 4.51. The molecule has 1 atom stereocenters. The highest BCUT2D eigenvalue weighted by molar-refractivity contribution is 7.15. The molecule has 1 saturated carbocycles. The standard InChI is InChI=1S/C17H17N5OS/c23-15-11-4-1-2-5-12(11)18-14(19-15)13-6-3-9-22(13)17-21-20-16(24-17)10-7-8-10/h1-2,4-5,10,13H,3,6-9H2,(H,18,19,23). The summed E-state index contributed by atoms with van der Waals surface area (Å²) in [6.45, 7) is 0.931. The predicted octanol–water partition coefficient (Wildman–Crippen LogP) is 2.99. The van der Waals surface area contributed by atoms with Crippen LogP contribution in [0.4, 0.5) is 5.13 Å². The quantitative estimate of drug-likeness (QED) is 0.794. The van der Waals surface area contributed by atoms with Crippen molar-refractivity contribution >= 4 is 27.4 Å². The molecule has 7 heteroatoms. The van der Waals surface area contributed by atoms with Crippen LogP contribution in [0.5, 0.6) is 0 Å². The van der Waals surface area contributed by atoms with Gasteiger partial charge in [0.25, 0.3) is 5.56 Å². The molecule has 0 spiro atoms. The molecule has 1 aliphatic carbocycles. The Kier molecular flexibility index (Phi) is 3.16. The summed E-state index contributed by atoms with van der Waals surface area (Å²) in [5.41, 5.74) is 0.678. The molecule has 1 N–H and O–H groups in total. The van der Waals surface area contributed by atoms with E-state index < -0.39 is 0 Å². The molecule has 1 unspecified atom stereocenters. The number of aromatic amines is 1. The number of hydrogen-bond acceptors (Lipinski definition) is 6. The SMILES string of the molecule is O=c1[nH]c(C2CCCN2c2nnc(C3CC3)s2)nc2ccccc12. The number of nitrogens with one attached hydrogen (secondary N) is 1. The summed E-state index contributed by atoms with van der Waals surface area (Å²) >= 11 is 1.69. The molecule has 2 aromatic heterocycles. The second kappa shape index (κ2) is 5.37. The third-order valence-corrected chi connectivity index (χ3v) is 5.92. The summed E-state index contributed by atoms with van der Waals surface area (Å²) in [5, 5.41) is 11.5. The van der Waals surface area contributed by atoms with Gasteiger partial charge in [-0.25, -0.2) is 4.98 Å². The van der Waals surface area contributed by atoms with Gasteiger partial charge in [0.1, 0.15) is 10.8 Å². The Morgan fingerprint density at radius 1 is 1.17 bits per heavy atom. The molecule has 6 nitrogen and oxygen atoms in total. The molecule has 0 amide bonds. The number of anilines is 1. The van der Waals surface area contributed by atoms with Crippen molar-refractivity contribution in [1.29, 1.82) is 0 Å². The Hall–Kier alpha value is -2.28. The Bertz CT molecular complexity index is 961. The average Bonchev–Trinajstić information content (AvgIpc) is 3.14. The lowest BCUT2D eigenvalue weighted by atomic mass is 10.2. The lowest BCUT2D eigenvalue weighted by Gasteiger charge is -2.22. The maximum absolute atomic E-state index is 12.4. The molecule has 1 aromatic carbocycles. The van der Waals surface area contributed by atoms with E-state index in [1.807, 2.05) is 24.3 Å². The fourth-order valence-electron chi connectivity index (χ4n) is 3.38. The maximum Gasteiger partial charge on any atom is 0.258 e. The fraction of sp³-hybridized carbons (Fsp3) is 0.412. The molecule has 122 valence electrons. The van der Waals surface area contributed by atoms with Crippen LogP contribution < -0.4 is 10.5 Å². The van der Waals surface area contributed by atoms with Crippen LogP contribution >= 0.6 is 11.3 Å². The van der Waals surface area contributed by atoms with Crippen LogP contribution in [0.15, 0.2) is 29.1 Å². The number of hydrogen-bond donors (Lipinski definition) is 1. The van der Waals surface area contributed by atoms with Crippen LogP contribution in [0.25, 0.3) is 10.9 Å². The lowest BCUT2D eigenvalue weighted by Crippen LogP contribution is -2.26. The van der Waals surface area contributed by atoms with E-state index in [-0.39, 0.29) is 11.6 Å². The Morgan fingerprint density at radius 3 is 2.92 bits per heavy atom. The van der Waals surface area contributed by atoms with E-state index in [9.17, 15) is 4.79 Å². The third kappa shape index (κ3) is 2.31. The van der Waals surface area contributed by atoms with E-state index in [1.54, 1.807) is 11.3 Å². The predicted molar refractivity (Wildman–Crippen MR) is 93.6 cm³/mol. The van der Waals surface area contributed by atoms with Crippen LogP contribution in [0.2, 0.25) is 0 Å². The summed E-state index contributed by atoms with van der Waals surface area (Å²) in [5.74, 6) is 1.36. The first-order chi connectivity index (χ1) is 11.8. The summed E-state index contributed by atoms with van der Waals surface area (Å²) in [7, 11) is 0. The molecule has 5 rings (SSSR count). The van der Waals surface area contributed by atoms with E-state index in [4.69, 9.17) is 4.98 Å². The summed E-state index contributed by atoms with van der Waals surface area (Å²) < 4.78 is 0. The van der Waals surface area contributed by atoms with Crippen molar-refractivity contribution in [2.75, 3.05) is 11.4 Å². The van der Waals surface area contributed by atoms with E-state index in [2.05, 4.69) is 20.1 Å². The number of fused-ring (bicyclic) bond motifs is 1. The van der Waals surface area contributed by atoms with Gasteiger partial charge in [-0.2, -0.15) is 0 Å². The summed E-state index contributed by atoms with van der Waals surface area (Å²) in [4.78, 5) is 22.3. The Balaban J connectivity index is 1.53. The minimum absolute atomic E-state index is 0.0709. The molecule has 3 aromatic rings. The second-order valence-corrected chi connectivity index (χ2v) is 7.50. The molecule has 2 fully saturated rings. The van der Waals surface area contributed by atoms with Crippen molar-refractivity contribution < 1.29 is 0 Å². The van der Waals surface area contributed by atoms with E-state index in [1.165, 1.54) is 12.8 Å². The smallest absolute Gasteiger partial charge is 0.258 e. The van der Waals surface area contributed by atoms with Gasteiger partial charge in [-0.05, 0) is 37.8 Å². The number of para-hydroxylation sites is 1. The number of benzene rings is 1. The highest BCUT2D eigenvalue weighted by atomic mass is 32.1. The zero-order valence-electron chi connectivity index (χ0n) is 13.1. The first kappa shape index (κ1) is 14.1. The zero-order valence-corrected chi connectivity index (χ0v) is 13.9. The van der Waals surface area contributed by atoms with Crippen molar-refractivity contribution in [3.8, 4) is 0 Å². The minimum atomic E-state index is -0.0709. The maximum atomic E-state index is 12.4. The molecule has 1 saturated heterocycles. The lowest BCUT2D eigenvalue weighted by molar-refractivity contribution is 0.663. The van der Waals surface area contributed by atoms with Crippen LogP contribution in [0.1, 0.15) is 48.5 Å².